The molecule has 1 amide bonds. The number of hydrogen-bond donors (Lipinski definition) is 1. The number of nitrogens with one attached hydrogen (secondary N) is 1. The van der Waals surface area contributed by atoms with E-state index in [4.69, 9.17) is 0 Å². The first-order valence-corrected chi connectivity index (χ1v) is 9.05. The molecule has 0 bridgehead atoms. The summed E-state index contributed by atoms with van der Waals surface area (Å²) < 4.78 is 43.0. The van der Waals surface area contributed by atoms with E-state index in [0.717, 1.165) is 11.3 Å². The highest BCUT2D eigenvalue weighted by Crippen LogP contribution is 2.32. The van der Waals surface area contributed by atoms with Gasteiger partial charge in [-0.25, -0.2) is 14.6 Å². The third kappa shape index (κ3) is 4.04. The van der Waals surface area contributed by atoms with Crippen LogP contribution in [0.25, 0.3) is 16.0 Å². The third-order valence-corrected chi connectivity index (χ3v) is 4.87. The van der Waals surface area contributed by atoms with Gasteiger partial charge in [0.15, 0.2) is 10.9 Å². The molecule has 0 aliphatic heterocycles. The van der Waals surface area contributed by atoms with E-state index in [1.54, 1.807) is 31.3 Å². The number of ether oxygens (including phenoxy) is 1. The molecular weight excluding hydrogens is 407 g/mol. The molecule has 29 heavy (non-hydrogen) atoms. The van der Waals surface area contributed by atoms with Crippen molar-refractivity contribution in [2.45, 2.75) is 13.3 Å². The van der Waals surface area contributed by atoms with Crippen molar-refractivity contribution in [1.82, 2.24) is 19.7 Å². The number of halogens is 3. The summed E-state index contributed by atoms with van der Waals surface area (Å²) in [6.45, 7) is 1.73. The number of carbonyl (C=O) groups is 1. The maximum absolute atomic E-state index is 12.6. The topological polar surface area (TPSA) is 81.9 Å². The van der Waals surface area contributed by atoms with Gasteiger partial charge >= 0.3 is 6.36 Å². The minimum atomic E-state index is -4.78. The molecule has 0 unspecified atom stereocenters. The Kier molecular flexibility index (Phi) is 4.66. The average Bonchev–Trinajstić information content (AvgIpc) is 3.23. The first-order valence-electron chi connectivity index (χ1n) is 8.24. The number of hydrogen-bond acceptors (Lipinski definition) is 6. The first-order chi connectivity index (χ1) is 13.8. The lowest BCUT2D eigenvalue weighted by atomic mass is 10.2. The van der Waals surface area contributed by atoms with E-state index in [2.05, 4.69) is 25.1 Å². The van der Waals surface area contributed by atoms with E-state index in [9.17, 15) is 18.0 Å². The fourth-order valence-electron chi connectivity index (χ4n) is 2.66. The van der Waals surface area contributed by atoms with E-state index in [-0.39, 0.29) is 10.9 Å². The molecule has 3 aromatic heterocycles. The number of nitrogens with zero attached hydrogens (tertiary/aromatic N) is 4. The van der Waals surface area contributed by atoms with Crippen molar-refractivity contribution in [3.63, 3.8) is 0 Å². The van der Waals surface area contributed by atoms with Crippen LogP contribution in [-0.2, 0) is 0 Å². The van der Waals surface area contributed by atoms with Crippen LogP contribution in [-0.4, -0.2) is 32.0 Å². The second-order valence-corrected chi connectivity index (χ2v) is 6.92. The van der Waals surface area contributed by atoms with Crippen LogP contribution in [0.4, 0.5) is 18.3 Å². The third-order valence-electron chi connectivity index (χ3n) is 3.93. The van der Waals surface area contributed by atoms with Gasteiger partial charge in [0.2, 0.25) is 0 Å². The summed E-state index contributed by atoms with van der Waals surface area (Å²) in [5, 5.41) is 7.09. The summed E-state index contributed by atoms with van der Waals surface area (Å²) in [6.07, 6.45) is -1.74. The molecule has 0 saturated heterocycles. The van der Waals surface area contributed by atoms with Crippen LogP contribution in [0.2, 0.25) is 0 Å². The van der Waals surface area contributed by atoms with Gasteiger partial charge in [-0.15, -0.1) is 13.2 Å². The van der Waals surface area contributed by atoms with Gasteiger partial charge in [-0.3, -0.25) is 10.1 Å². The quantitative estimate of drug-likeness (QED) is 0.532. The lowest BCUT2D eigenvalue weighted by molar-refractivity contribution is -0.274. The van der Waals surface area contributed by atoms with Crippen molar-refractivity contribution in [3.8, 4) is 11.6 Å². The monoisotopic (exact) mass is 419 g/mol. The zero-order valence-electron chi connectivity index (χ0n) is 14.8. The molecule has 0 aliphatic rings. The normalized spacial score (nSPS) is 11.6. The van der Waals surface area contributed by atoms with E-state index in [1.807, 2.05) is 0 Å². The molecule has 4 rings (SSSR count). The Balaban J connectivity index is 1.56. The Labute approximate surface area is 165 Å². The number of fused-ring (bicyclic) bond motifs is 1. The molecule has 0 radical (unpaired) electrons. The number of thiazole rings is 1. The van der Waals surface area contributed by atoms with Crippen molar-refractivity contribution in [2.75, 3.05) is 5.32 Å². The van der Waals surface area contributed by atoms with Crippen molar-refractivity contribution in [2.24, 2.45) is 0 Å². The summed E-state index contributed by atoms with van der Waals surface area (Å²) in [4.78, 5) is 21.0. The van der Waals surface area contributed by atoms with Gasteiger partial charge < -0.3 is 4.74 Å². The number of amides is 1. The number of aromatic nitrogens is 4. The molecule has 0 fully saturated rings. The molecule has 0 atom stereocenters. The number of benzene rings is 1. The molecule has 148 valence electrons. The van der Waals surface area contributed by atoms with Crippen molar-refractivity contribution in [1.29, 1.82) is 0 Å². The second kappa shape index (κ2) is 7.17. The molecule has 0 saturated carbocycles. The van der Waals surface area contributed by atoms with Crippen LogP contribution in [0.3, 0.4) is 0 Å². The maximum Gasteiger partial charge on any atom is 0.573 e. The molecule has 0 spiro atoms. The smallest absolute Gasteiger partial charge is 0.406 e. The molecule has 1 aromatic carbocycles. The predicted octanol–water partition coefficient (Wildman–Crippen LogP) is 4.34. The summed E-state index contributed by atoms with van der Waals surface area (Å²) in [6, 6.07) is 9.13. The van der Waals surface area contributed by atoms with Gasteiger partial charge in [-0.1, -0.05) is 17.4 Å². The van der Waals surface area contributed by atoms with E-state index in [1.165, 1.54) is 29.1 Å². The van der Waals surface area contributed by atoms with Gasteiger partial charge in [-0.05, 0) is 31.2 Å². The molecule has 4 aromatic rings. The van der Waals surface area contributed by atoms with Crippen LogP contribution in [0.1, 0.15) is 16.1 Å². The maximum atomic E-state index is 12.6. The van der Waals surface area contributed by atoms with E-state index >= 15 is 0 Å². The Morgan fingerprint density at radius 3 is 2.79 bits per heavy atom. The second-order valence-electron chi connectivity index (χ2n) is 5.89. The fourth-order valence-corrected chi connectivity index (χ4v) is 3.55. The SMILES string of the molecule is Cc1c(C(=O)Nc2nc3ccc(OC(F)(F)F)cc3s2)cnn1-c1ccccn1. The minimum Gasteiger partial charge on any atom is -0.406 e. The highest BCUT2D eigenvalue weighted by molar-refractivity contribution is 7.22. The van der Waals surface area contributed by atoms with Crippen LogP contribution < -0.4 is 10.1 Å². The largest absolute Gasteiger partial charge is 0.573 e. The van der Waals surface area contributed by atoms with Gasteiger partial charge in [0.25, 0.3) is 5.91 Å². The van der Waals surface area contributed by atoms with Crippen LogP contribution in [0.15, 0.2) is 48.8 Å². The molecular formula is C18H12F3N5O2S. The standard InChI is InChI=1S/C18H12F3N5O2S/c1-10-12(9-23-26(10)15-4-2-3-7-22-15)16(27)25-17-24-13-6-5-11(8-14(13)29-17)28-18(19,20)21/h2-9H,1H3,(H,24,25,27). The average molecular weight is 419 g/mol. The first kappa shape index (κ1) is 18.9. The number of rotatable bonds is 4. The zero-order chi connectivity index (χ0) is 20.6. The molecule has 0 aliphatic carbocycles. The lowest BCUT2D eigenvalue weighted by Gasteiger charge is -2.07. The highest BCUT2D eigenvalue weighted by Gasteiger charge is 2.31. The van der Waals surface area contributed by atoms with E-state index in [0.29, 0.717) is 27.3 Å². The zero-order valence-corrected chi connectivity index (χ0v) is 15.6. The Bertz CT molecular complexity index is 1190. The lowest BCUT2D eigenvalue weighted by Crippen LogP contribution is -2.16. The van der Waals surface area contributed by atoms with Crippen molar-refractivity contribution >= 4 is 32.6 Å². The minimum absolute atomic E-state index is 0.249. The van der Waals surface area contributed by atoms with Crippen molar-refractivity contribution in [3.05, 3.63) is 60.0 Å². The van der Waals surface area contributed by atoms with Crippen LogP contribution in [0.5, 0.6) is 5.75 Å². The Hall–Kier alpha value is -3.47. The van der Waals surface area contributed by atoms with E-state index < -0.39 is 12.3 Å². The summed E-state index contributed by atoms with van der Waals surface area (Å²) in [5.41, 5.74) is 1.36. The summed E-state index contributed by atoms with van der Waals surface area (Å²) in [7, 11) is 0. The molecule has 7 nitrogen and oxygen atoms in total. The molecule has 3 heterocycles. The molecule has 1 N–H and O–H groups in total. The number of carbonyl (C=O) groups excluding carboxylic acids is 1. The van der Waals surface area contributed by atoms with Crippen molar-refractivity contribution < 1.29 is 22.7 Å². The number of alkyl halides is 3. The summed E-state index contributed by atoms with van der Waals surface area (Å²) in [5.74, 6) is -0.212. The van der Waals surface area contributed by atoms with Gasteiger partial charge in [0.05, 0.1) is 27.7 Å². The predicted molar refractivity (Wildman–Crippen MR) is 100 cm³/mol. The number of pyridine rings is 1. The van der Waals surface area contributed by atoms with Crippen LogP contribution in [0, 0.1) is 6.92 Å². The Morgan fingerprint density at radius 1 is 1.24 bits per heavy atom. The van der Waals surface area contributed by atoms with Gasteiger partial charge in [0.1, 0.15) is 5.75 Å². The van der Waals surface area contributed by atoms with Crippen LogP contribution >= 0.6 is 11.3 Å². The number of anilines is 1. The van der Waals surface area contributed by atoms with Gasteiger partial charge in [-0.2, -0.15) is 5.10 Å². The summed E-state index contributed by atoms with van der Waals surface area (Å²) >= 11 is 1.04. The highest BCUT2D eigenvalue weighted by atomic mass is 32.1. The fraction of sp³-hybridized carbons (Fsp3) is 0.111. The molecule has 11 heteroatoms. The van der Waals surface area contributed by atoms with Gasteiger partial charge in [0, 0.05) is 12.3 Å². The Morgan fingerprint density at radius 2 is 2.07 bits per heavy atom.